The first-order chi connectivity index (χ1) is 9.00. The van der Waals surface area contributed by atoms with Crippen LogP contribution in [0.4, 0.5) is 0 Å². The standard InChI is InChI=1S/C11H14N2O5S/c14-7(11(17)18)3-4-12-9(15)6-13-10(16)8-2-1-5-19-8/h1-2,5,7,14H,3-4,6H2,(H,12,15)(H,13,16)(H,17,18). The molecule has 0 saturated heterocycles. The van der Waals surface area contributed by atoms with Crippen LogP contribution in [-0.4, -0.2) is 47.2 Å². The second-order valence-corrected chi connectivity index (χ2v) is 4.60. The second kappa shape index (κ2) is 7.49. The van der Waals surface area contributed by atoms with Crippen LogP contribution in [-0.2, 0) is 9.59 Å². The van der Waals surface area contributed by atoms with Crippen molar-refractivity contribution in [2.45, 2.75) is 12.5 Å². The van der Waals surface area contributed by atoms with E-state index in [1.54, 1.807) is 17.5 Å². The summed E-state index contributed by atoms with van der Waals surface area (Å²) in [5, 5.41) is 23.9. The number of thiophene rings is 1. The van der Waals surface area contributed by atoms with E-state index in [1.807, 2.05) is 0 Å². The van der Waals surface area contributed by atoms with Gasteiger partial charge in [-0.25, -0.2) is 4.79 Å². The number of amides is 2. The first kappa shape index (κ1) is 15.1. The lowest BCUT2D eigenvalue weighted by Gasteiger charge is -2.07. The van der Waals surface area contributed by atoms with Gasteiger partial charge in [-0.1, -0.05) is 6.07 Å². The van der Waals surface area contributed by atoms with Crippen LogP contribution >= 0.6 is 11.3 Å². The molecule has 0 aliphatic carbocycles. The van der Waals surface area contributed by atoms with Gasteiger partial charge in [-0.05, 0) is 11.4 Å². The number of carboxylic acids is 1. The summed E-state index contributed by atoms with van der Waals surface area (Å²) >= 11 is 1.27. The van der Waals surface area contributed by atoms with Crippen molar-refractivity contribution >= 4 is 29.1 Å². The number of hydrogen-bond acceptors (Lipinski definition) is 5. The Kier molecular flexibility index (Phi) is 5.97. The van der Waals surface area contributed by atoms with E-state index in [-0.39, 0.29) is 25.4 Å². The Labute approximate surface area is 113 Å². The van der Waals surface area contributed by atoms with E-state index in [1.165, 1.54) is 11.3 Å². The lowest BCUT2D eigenvalue weighted by atomic mass is 10.2. The van der Waals surface area contributed by atoms with E-state index in [4.69, 9.17) is 10.2 Å². The molecule has 8 heteroatoms. The summed E-state index contributed by atoms with van der Waals surface area (Å²) in [4.78, 5) is 33.6. The quantitative estimate of drug-likeness (QED) is 0.536. The summed E-state index contributed by atoms with van der Waals surface area (Å²) in [6.07, 6.45) is -1.58. The highest BCUT2D eigenvalue weighted by Crippen LogP contribution is 2.07. The largest absolute Gasteiger partial charge is 0.479 e. The number of nitrogens with one attached hydrogen (secondary N) is 2. The molecule has 104 valence electrons. The van der Waals surface area contributed by atoms with Gasteiger partial charge in [-0.3, -0.25) is 9.59 Å². The fraction of sp³-hybridized carbons (Fsp3) is 0.364. The van der Waals surface area contributed by atoms with Crippen molar-refractivity contribution in [2.24, 2.45) is 0 Å². The molecule has 2 amide bonds. The summed E-state index contributed by atoms with van der Waals surface area (Å²) < 4.78 is 0. The smallest absolute Gasteiger partial charge is 0.332 e. The van der Waals surface area contributed by atoms with E-state index >= 15 is 0 Å². The minimum Gasteiger partial charge on any atom is -0.479 e. The molecule has 0 fully saturated rings. The number of aliphatic carboxylic acids is 1. The van der Waals surface area contributed by atoms with E-state index in [2.05, 4.69) is 10.6 Å². The van der Waals surface area contributed by atoms with Crippen LogP contribution in [0.1, 0.15) is 16.1 Å². The molecule has 0 aliphatic rings. The molecule has 0 aromatic carbocycles. The van der Waals surface area contributed by atoms with Gasteiger partial charge in [0.1, 0.15) is 0 Å². The van der Waals surface area contributed by atoms with E-state index in [9.17, 15) is 14.4 Å². The molecular formula is C11H14N2O5S. The zero-order valence-corrected chi connectivity index (χ0v) is 10.8. The molecule has 0 bridgehead atoms. The molecule has 1 aromatic heterocycles. The van der Waals surface area contributed by atoms with Crippen LogP contribution in [0.25, 0.3) is 0 Å². The Bertz CT molecular complexity index is 446. The molecular weight excluding hydrogens is 272 g/mol. The lowest BCUT2D eigenvalue weighted by Crippen LogP contribution is -2.38. The van der Waals surface area contributed by atoms with Crippen molar-refractivity contribution in [3.8, 4) is 0 Å². The minimum absolute atomic E-state index is 0.0289. The van der Waals surface area contributed by atoms with Crippen LogP contribution in [0.15, 0.2) is 17.5 Å². The molecule has 1 heterocycles. The van der Waals surface area contributed by atoms with E-state index in [0.717, 1.165) is 0 Å². The third-order valence-corrected chi connectivity index (χ3v) is 3.05. The molecule has 0 radical (unpaired) electrons. The third-order valence-electron chi connectivity index (χ3n) is 2.18. The SMILES string of the molecule is O=C(CNC(=O)c1cccs1)NCCC(O)C(=O)O. The average molecular weight is 286 g/mol. The summed E-state index contributed by atoms with van der Waals surface area (Å²) in [5.41, 5.74) is 0. The van der Waals surface area contributed by atoms with Crippen molar-refractivity contribution in [3.63, 3.8) is 0 Å². The highest BCUT2D eigenvalue weighted by atomic mass is 32.1. The molecule has 0 saturated carbocycles. The normalized spacial score (nSPS) is 11.6. The topological polar surface area (TPSA) is 116 Å². The Morgan fingerprint density at radius 1 is 1.32 bits per heavy atom. The van der Waals surface area contributed by atoms with Gasteiger partial charge in [0, 0.05) is 13.0 Å². The van der Waals surface area contributed by atoms with Gasteiger partial charge >= 0.3 is 5.97 Å². The van der Waals surface area contributed by atoms with Crippen LogP contribution in [0.5, 0.6) is 0 Å². The maximum absolute atomic E-state index is 11.5. The van der Waals surface area contributed by atoms with Gasteiger partial charge < -0.3 is 20.8 Å². The molecule has 1 rings (SSSR count). The Hall–Kier alpha value is -1.93. The molecule has 7 nitrogen and oxygen atoms in total. The Balaban J connectivity index is 2.18. The highest BCUT2D eigenvalue weighted by molar-refractivity contribution is 7.12. The van der Waals surface area contributed by atoms with Crippen molar-refractivity contribution in [2.75, 3.05) is 13.1 Å². The average Bonchev–Trinajstić information content (AvgIpc) is 2.89. The zero-order valence-electron chi connectivity index (χ0n) is 9.96. The number of hydrogen-bond donors (Lipinski definition) is 4. The second-order valence-electron chi connectivity index (χ2n) is 3.65. The highest BCUT2D eigenvalue weighted by Gasteiger charge is 2.13. The number of aliphatic hydroxyl groups is 1. The van der Waals surface area contributed by atoms with Crippen molar-refractivity contribution in [1.29, 1.82) is 0 Å². The summed E-state index contributed by atoms with van der Waals surface area (Å²) in [6.45, 7) is -0.166. The third kappa shape index (κ3) is 5.49. The van der Waals surface area contributed by atoms with E-state index in [0.29, 0.717) is 4.88 Å². The number of carbonyl (C=O) groups is 3. The molecule has 1 unspecified atom stereocenters. The van der Waals surface area contributed by atoms with Gasteiger partial charge in [0.2, 0.25) is 5.91 Å². The Morgan fingerprint density at radius 3 is 2.63 bits per heavy atom. The molecule has 4 N–H and O–H groups in total. The van der Waals surface area contributed by atoms with Gasteiger partial charge in [-0.2, -0.15) is 0 Å². The summed E-state index contributed by atoms with van der Waals surface area (Å²) in [5.74, 6) is -2.11. The van der Waals surface area contributed by atoms with Gasteiger partial charge in [0.15, 0.2) is 6.10 Å². The van der Waals surface area contributed by atoms with Gasteiger partial charge in [0.05, 0.1) is 11.4 Å². The van der Waals surface area contributed by atoms with Gasteiger partial charge in [0.25, 0.3) is 5.91 Å². The summed E-state index contributed by atoms with van der Waals surface area (Å²) in [6, 6.07) is 3.37. The van der Waals surface area contributed by atoms with Crippen molar-refractivity contribution < 1.29 is 24.6 Å². The number of aliphatic hydroxyl groups excluding tert-OH is 1. The van der Waals surface area contributed by atoms with Crippen molar-refractivity contribution in [1.82, 2.24) is 10.6 Å². The molecule has 1 aromatic rings. The molecule has 1 atom stereocenters. The van der Waals surface area contributed by atoms with Crippen molar-refractivity contribution in [3.05, 3.63) is 22.4 Å². The van der Waals surface area contributed by atoms with Gasteiger partial charge in [-0.15, -0.1) is 11.3 Å². The predicted octanol–water partition coefficient (Wildman–Crippen LogP) is -0.570. The predicted molar refractivity (Wildman–Crippen MR) is 67.9 cm³/mol. The molecule has 0 aliphatic heterocycles. The maximum Gasteiger partial charge on any atom is 0.332 e. The fourth-order valence-electron chi connectivity index (χ4n) is 1.19. The van der Waals surface area contributed by atoms with Crippen LogP contribution in [0, 0.1) is 0 Å². The zero-order chi connectivity index (χ0) is 14.3. The first-order valence-electron chi connectivity index (χ1n) is 5.50. The number of carbonyl (C=O) groups excluding carboxylic acids is 2. The van der Waals surface area contributed by atoms with Crippen LogP contribution < -0.4 is 10.6 Å². The molecule has 19 heavy (non-hydrogen) atoms. The minimum atomic E-state index is -1.50. The Morgan fingerprint density at radius 2 is 2.05 bits per heavy atom. The lowest BCUT2D eigenvalue weighted by molar-refractivity contribution is -0.147. The monoisotopic (exact) mass is 286 g/mol. The maximum atomic E-state index is 11.5. The van der Waals surface area contributed by atoms with Crippen LogP contribution in [0.3, 0.4) is 0 Å². The van der Waals surface area contributed by atoms with E-state index < -0.39 is 18.0 Å². The molecule has 0 spiro atoms. The fourth-order valence-corrected chi connectivity index (χ4v) is 1.83. The first-order valence-corrected chi connectivity index (χ1v) is 6.38. The van der Waals surface area contributed by atoms with Crippen LogP contribution in [0.2, 0.25) is 0 Å². The summed E-state index contributed by atoms with van der Waals surface area (Å²) in [7, 11) is 0. The number of carboxylic acid groups (broad SMARTS) is 1. The number of rotatable bonds is 7.